The van der Waals surface area contributed by atoms with Gasteiger partial charge in [0.15, 0.2) is 5.12 Å². The number of rotatable bonds is 7. The van der Waals surface area contributed by atoms with Crippen molar-refractivity contribution in [2.75, 3.05) is 12.4 Å². The number of halogens is 2. The molecule has 0 bridgehead atoms. The fourth-order valence-corrected chi connectivity index (χ4v) is 3.56. The van der Waals surface area contributed by atoms with Gasteiger partial charge in [-0.3, -0.25) is 9.32 Å². The monoisotopic (exact) mass is 391 g/mol. The molecule has 1 unspecified atom stereocenters. The Hall–Kier alpha value is -1.42. The van der Waals surface area contributed by atoms with Crippen molar-refractivity contribution in [3.8, 4) is 11.8 Å². The molecule has 0 spiro atoms. The van der Waals surface area contributed by atoms with Crippen LogP contribution < -0.4 is 4.52 Å². The molecule has 0 aliphatic carbocycles. The van der Waals surface area contributed by atoms with Gasteiger partial charge in [0.25, 0.3) is 0 Å². The van der Waals surface area contributed by atoms with Crippen LogP contribution >= 0.6 is 19.4 Å². The summed E-state index contributed by atoms with van der Waals surface area (Å²) in [5, 5.41) is 8.69. The average Bonchev–Trinajstić information content (AvgIpc) is 2.49. The van der Waals surface area contributed by atoms with E-state index in [9.17, 15) is 18.1 Å². The fraction of sp³-hybridized carbons (Fsp3) is 0.500. The minimum absolute atomic E-state index is 0.0672. The first-order valence-corrected chi connectivity index (χ1v) is 9.91. The fourth-order valence-electron chi connectivity index (χ4n) is 1.49. The molecule has 0 radical (unpaired) electrons. The number of nitriles is 1. The quantitative estimate of drug-likeness (QED) is 0.477. The second kappa shape index (κ2) is 8.31. The zero-order valence-corrected chi connectivity index (χ0v) is 16.1. The van der Waals surface area contributed by atoms with Crippen LogP contribution in [0.2, 0.25) is 0 Å². The van der Waals surface area contributed by atoms with Crippen molar-refractivity contribution in [2.45, 2.75) is 33.4 Å². The van der Waals surface area contributed by atoms with Gasteiger partial charge in [-0.15, -0.1) is 0 Å². The highest BCUT2D eigenvalue weighted by molar-refractivity contribution is 8.13. The zero-order chi connectivity index (χ0) is 19.3. The minimum atomic E-state index is -4.82. The average molecular weight is 391 g/mol. The molecular formula is C16H20F2NO4PS. The predicted molar refractivity (Wildman–Crippen MR) is 92.9 cm³/mol. The van der Waals surface area contributed by atoms with Crippen LogP contribution in [0, 0.1) is 16.7 Å². The number of carbonyl (C=O) groups is 1. The lowest BCUT2D eigenvalue weighted by atomic mass is 10.00. The third-order valence-electron chi connectivity index (χ3n) is 2.86. The summed E-state index contributed by atoms with van der Waals surface area (Å²) in [6.07, 6.45) is 0. The Balaban J connectivity index is 2.78. The molecular weight excluding hydrogens is 371 g/mol. The number of carbonyl (C=O) groups excluding carboxylic acids is 1. The third-order valence-corrected chi connectivity index (χ3v) is 6.04. The third kappa shape index (κ3) is 6.43. The van der Waals surface area contributed by atoms with Gasteiger partial charge in [-0.25, -0.2) is 4.57 Å². The minimum Gasteiger partial charge on any atom is -0.421 e. The van der Waals surface area contributed by atoms with Crippen LogP contribution in [-0.4, -0.2) is 23.1 Å². The summed E-state index contributed by atoms with van der Waals surface area (Å²) < 4.78 is 49.8. The van der Waals surface area contributed by atoms with E-state index in [4.69, 9.17) is 14.3 Å². The lowest BCUT2D eigenvalue weighted by Gasteiger charge is -2.24. The number of alkyl halides is 2. The van der Waals surface area contributed by atoms with Crippen LogP contribution in [0.1, 0.15) is 33.3 Å². The first-order chi connectivity index (χ1) is 11.4. The molecule has 0 aliphatic rings. The van der Waals surface area contributed by atoms with Gasteiger partial charge >= 0.3 is 13.3 Å². The van der Waals surface area contributed by atoms with Crippen molar-refractivity contribution in [2.24, 2.45) is 5.41 Å². The summed E-state index contributed by atoms with van der Waals surface area (Å²) in [6.45, 7) is 5.30. The Bertz CT molecular complexity index is 707. The molecule has 25 heavy (non-hydrogen) atoms. The zero-order valence-electron chi connectivity index (χ0n) is 14.4. The summed E-state index contributed by atoms with van der Waals surface area (Å²) in [6, 6.07) is 7.21. The standard InChI is InChI=1S/C16H20F2NO4PS/c1-15(2,3)14(20)25-9-8-22-24(21,16(4,17)18)23-13-7-5-6-12(10-13)11-19/h5-7,10H,8-9H2,1-4H3. The van der Waals surface area contributed by atoms with Crippen LogP contribution in [0.5, 0.6) is 5.75 Å². The van der Waals surface area contributed by atoms with Crippen LogP contribution in [0.4, 0.5) is 8.78 Å². The Morgan fingerprint density at radius 1 is 1.32 bits per heavy atom. The van der Waals surface area contributed by atoms with Crippen molar-refractivity contribution in [1.82, 2.24) is 0 Å². The van der Waals surface area contributed by atoms with Crippen molar-refractivity contribution in [1.29, 1.82) is 5.26 Å². The van der Waals surface area contributed by atoms with Crippen molar-refractivity contribution >= 4 is 24.5 Å². The molecule has 0 heterocycles. The number of hydrogen-bond acceptors (Lipinski definition) is 6. The van der Waals surface area contributed by atoms with E-state index in [2.05, 4.69) is 0 Å². The number of thioether (sulfide) groups is 1. The molecule has 0 aliphatic heterocycles. The van der Waals surface area contributed by atoms with E-state index in [0.29, 0.717) is 6.92 Å². The molecule has 1 atom stereocenters. The number of benzene rings is 1. The Labute approximate surface area is 150 Å². The molecule has 0 N–H and O–H groups in total. The van der Waals surface area contributed by atoms with E-state index in [1.807, 2.05) is 6.07 Å². The molecule has 138 valence electrons. The topological polar surface area (TPSA) is 76.4 Å². The molecule has 0 saturated carbocycles. The predicted octanol–water partition coefficient (Wildman–Crippen LogP) is 5.07. The lowest BCUT2D eigenvalue weighted by molar-refractivity contribution is -0.117. The second-order valence-corrected chi connectivity index (χ2v) is 9.58. The maximum Gasteiger partial charge on any atom is 0.448 e. The van der Waals surface area contributed by atoms with E-state index in [1.54, 1.807) is 20.8 Å². The SMILES string of the molecule is CC(C)(C)C(=O)SCCOP(=O)(Oc1cccc(C#N)c1)C(C)(F)F. The summed E-state index contributed by atoms with van der Waals surface area (Å²) >= 11 is 0.919. The Kier molecular flexibility index (Phi) is 7.18. The second-order valence-electron chi connectivity index (χ2n) is 6.29. The van der Waals surface area contributed by atoms with Crippen LogP contribution in [0.3, 0.4) is 0 Å². The van der Waals surface area contributed by atoms with Gasteiger partial charge in [0.1, 0.15) is 5.75 Å². The summed E-state index contributed by atoms with van der Waals surface area (Å²) in [4.78, 5) is 11.8. The van der Waals surface area contributed by atoms with Gasteiger partial charge in [-0.1, -0.05) is 38.6 Å². The Morgan fingerprint density at radius 2 is 1.96 bits per heavy atom. The molecule has 0 amide bonds. The first-order valence-electron chi connectivity index (χ1n) is 7.38. The highest BCUT2D eigenvalue weighted by Gasteiger charge is 2.50. The maximum absolute atomic E-state index is 13.8. The molecule has 9 heteroatoms. The molecule has 0 fully saturated rings. The van der Waals surface area contributed by atoms with Crippen LogP contribution in [0.15, 0.2) is 24.3 Å². The molecule has 0 aromatic heterocycles. The largest absolute Gasteiger partial charge is 0.448 e. The summed E-state index contributed by atoms with van der Waals surface area (Å²) in [7, 11) is -4.82. The Morgan fingerprint density at radius 3 is 2.48 bits per heavy atom. The van der Waals surface area contributed by atoms with E-state index in [0.717, 1.165) is 11.8 Å². The highest BCUT2D eigenvalue weighted by atomic mass is 32.2. The molecule has 0 saturated heterocycles. The van der Waals surface area contributed by atoms with E-state index >= 15 is 0 Å². The van der Waals surface area contributed by atoms with E-state index < -0.39 is 18.7 Å². The molecule has 1 rings (SSSR count). The van der Waals surface area contributed by atoms with Gasteiger partial charge in [0.2, 0.25) is 0 Å². The smallest absolute Gasteiger partial charge is 0.421 e. The van der Waals surface area contributed by atoms with Crippen molar-refractivity contribution < 1.29 is 27.2 Å². The van der Waals surface area contributed by atoms with E-state index in [-0.39, 0.29) is 28.8 Å². The van der Waals surface area contributed by atoms with Crippen LogP contribution in [0.25, 0.3) is 0 Å². The lowest BCUT2D eigenvalue weighted by Crippen LogP contribution is -2.20. The van der Waals surface area contributed by atoms with Gasteiger partial charge in [0.05, 0.1) is 18.2 Å². The maximum atomic E-state index is 13.8. The highest BCUT2D eigenvalue weighted by Crippen LogP contribution is 2.61. The molecule has 1 aromatic carbocycles. The van der Waals surface area contributed by atoms with Gasteiger partial charge < -0.3 is 4.52 Å². The summed E-state index contributed by atoms with van der Waals surface area (Å²) in [5.74, 6) is -0.0834. The van der Waals surface area contributed by atoms with Crippen LogP contribution in [-0.2, 0) is 13.9 Å². The van der Waals surface area contributed by atoms with Gasteiger partial charge in [-0.05, 0) is 18.2 Å². The number of hydrogen-bond donors (Lipinski definition) is 0. The number of nitrogens with zero attached hydrogens (tertiary/aromatic N) is 1. The van der Waals surface area contributed by atoms with Gasteiger partial charge in [-0.2, -0.15) is 14.0 Å². The van der Waals surface area contributed by atoms with Gasteiger partial charge in [0, 0.05) is 18.1 Å². The normalized spacial score (nSPS) is 14.4. The van der Waals surface area contributed by atoms with Crippen molar-refractivity contribution in [3.63, 3.8) is 0 Å². The van der Waals surface area contributed by atoms with E-state index in [1.165, 1.54) is 24.3 Å². The molecule has 5 nitrogen and oxygen atoms in total. The molecule has 1 aromatic rings. The first kappa shape index (κ1) is 21.6. The van der Waals surface area contributed by atoms with Crippen molar-refractivity contribution in [3.05, 3.63) is 29.8 Å². The summed E-state index contributed by atoms with van der Waals surface area (Å²) in [5.41, 5.74) is -4.14.